The molecule has 1 saturated carbocycles. The van der Waals surface area contributed by atoms with Crippen molar-refractivity contribution in [3.05, 3.63) is 34.3 Å². The summed E-state index contributed by atoms with van der Waals surface area (Å²) >= 11 is 6.37. The van der Waals surface area contributed by atoms with Gasteiger partial charge in [0.05, 0.1) is 0 Å². The number of aryl methyl sites for hydroxylation is 1. The Morgan fingerprint density at radius 3 is 2.71 bits per heavy atom. The fourth-order valence-corrected chi connectivity index (χ4v) is 4.00. The van der Waals surface area contributed by atoms with Gasteiger partial charge in [-0.3, -0.25) is 0 Å². The lowest BCUT2D eigenvalue weighted by atomic mass is 9.70. The van der Waals surface area contributed by atoms with E-state index in [1.54, 1.807) is 0 Å². The molecule has 0 radical (unpaired) electrons. The summed E-state index contributed by atoms with van der Waals surface area (Å²) in [5.41, 5.74) is 2.64. The van der Waals surface area contributed by atoms with Crippen molar-refractivity contribution in [2.24, 2.45) is 11.8 Å². The highest BCUT2D eigenvalue weighted by molar-refractivity contribution is 6.31. The number of rotatable bonds is 6. The van der Waals surface area contributed by atoms with Crippen molar-refractivity contribution in [1.29, 1.82) is 0 Å². The number of benzene rings is 1. The zero-order valence-electron chi connectivity index (χ0n) is 13.8. The van der Waals surface area contributed by atoms with E-state index in [-0.39, 0.29) is 0 Å². The Morgan fingerprint density at radius 1 is 1.24 bits per heavy atom. The molecule has 0 spiro atoms. The molecule has 1 fully saturated rings. The fraction of sp³-hybridized carbons (Fsp3) is 0.684. The second-order valence-corrected chi connectivity index (χ2v) is 7.06. The van der Waals surface area contributed by atoms with E-state index in [0.717, 1.165) is 29.9 Å². The van der Waals surface area contributed by atoms with Gasteiger partial charge >= 0.3 is 0 Å². The zero-order chi connectivity index (χ0) is 15.2. The van der Waals surface area contributed by atoms with Crippen LogP contribution < -0.4 is 5.32 Å². The highest BCUT2D eigenvalue weighted by atomic mass is 35.5. The van der Waals surface area contributed by atoms with Gasteiger partial charge in [0.15, 0.2) is 0 Å². The van der Waals surface area contributed by atoms with Gasteiger partial charge in [-0.1, -0.05) is 56.8 Å². The Morgan fingerprint density at radius 2 is 2.05 bits per heavy atom. The van der Waals surface area contributed by atoms with Crippen LogP contribution in [0.2, 0.25) is 5.02 Å². The topological polar surface area (TPSA) is 12.0 Å². The first-order chi connectivity index (χ1) is 10.2. The predicted molar refractivity (Wildman–Crippen MR) is 93.2 cm³/mol. The predicted octanol–water partition coefficient (Wildman–Crippen LogP) is 5.56. The number of halogens is 1. The van der Waals surface area contributed by atoms with Gasteiger partial charge in [-0.05, 0) is 67.8 Å². The molecule has 3 unspecified atom stereocenters. The number of hydrogen-bond donors (Lipinski definition) is 1. The van der Waals surface area contributed by atoms with Crippen LogP contribution in [0.4, 0.5) is 0 Å². The largest absolute Gasteiger partial charge is 0.317 e. The third-order valence-electron chi connectivity index (χ3n) is 5.08. The van der Waals surface area contributed by atoms with Gasteiger partial charge in [-0.2, -0.15) is 0 Å². The Bertz CT molecular complexity index is 443. The SMILES string of the molecule is CCCC1CCC(CNCC)C(c2ccc(C)c(Cl)c2)C1. The van der Waals surface area contributed by atoms with Crippen molar-refractivity contribution in [2.45, 2.75) is 58.8 Å². The molecule has 0 saturated heterocycles. The lowest BCUT2D eigenvalue weighted by Gasteiger charge is -2.37. The van der Waals surface area contributed by atoms with E-state index in [1.165, 1.54) is 43.2 Å². The zero-order valence-corrected chi connectivity index (χ0v) is 14.5. The van der Waals surface area contributed by atoms with Crippen molar-refractivity contribution < 1.29 is 0 Å². The van der Waals surface area contributed by atoms with Crippen molar-refractivity contribution in [2.75, 3.05) is 13.1 Å². The van der Waals surface area contributed by atoms with Gasteiger partial charge in [0.25, 0.3) is 0 Å². The fourth-order valence-electron chi connectivity index (χ4n) is 3.81. The minimum atomic E-state index is 0.674. The minimum Gasteiger partial charge on any atom is -0.317 e. The Labute approximate surface area is 135 Å². The molecule has 0 aliphatic heterocycles. The van der Waals surface area contributed by atoms with Crippen LogP contribution in [0.25, 0.3) is 0 Å². The van der Waals surface area contributed by atoms with Gasteiger partial charge in [0.1, 0.15) is 0 Å². The van der Waals surface area contributed by atoms with E-state index in [0.29, 0.717) is 5.92 Å². The Balaban J connectivity index is 2.16. The first kappa shape index (κ1) is 16.8. The summed E-state index contributed by atoms with van der Waals surface area (Å²) in [6.07, 6.45) is 6.78. The molecule has 0 bridgehead atoms. The maximum Gasteiger partial charge on any atom is 0.0438 e. The van der Waals surface area contributed by atoms with Crippen LogP contribution in [-0.4, -0.2) is 13.1 Å². The smallest absolute Gasteiger partial charge is 0.0438 e. The van der Waals surface area contributed by atoms with E-state index in [2.05, 4.69) is 44.3 Å². The molecular weight excluding hydrogens is 278 g/mol. The lowest BCUT2D eigenvalue weighted by molar-refractivity contribution is 0.221. The molecule has 1 aromatic carbocycles. The second-order valence-electron chi connectivity index (χ2n) is 6.65. The van der Waals surface area contributed by atoms with Crippen LogP contribution in [0.3, 0.4) is 0 Å². The summed E-state index contributed by atoms with van der Waals surface area (Å²) in [4.78, 5) is 0. The Kier molecular flexibility index (Phi) is 6.57. The van der Waals surface area contributed by atoms with Crippen LogP contribution in [0, 0.1) is 18.8 Å². The first-order valence-corrected chi connectivity index (χ1v) is 9.00. The molecule has 1 aliphatic rings. The average Bonchev–Trinajstić information content (AvgIpc) is 2.49. The Hall–Kier alpha value is -0.530. The highest BCUT2D eigenvalue weighted by Gasteiger charge is 2.31. The molecule has 1 nitrogen and oxygen atoms in total. The van der Waals surface area contributed by atoms with Crippen LogP contribution in [0.5, 0.6) is 0 Å². The molecule has 0 aromatic heterocycles. The molecule has 0 heterocycles. The summed E-state index contributed by atoms with van der Waals surface area (Å²) in [6, 6.07) is 6.71. The van der Waals surface area contributed by atoms with Crippen molar-refractivity contribution in [3.63, 3.8) is 0 Å². The van der Waals surface area contributed by atoms with Crippen LogP contribution >= 0.6 is 11.6 Å². The van der Waals surface area contributed by atoms with E-state index in [1.807, 2.05) is 0 Å². The van der Waals surface area contributed by atoms with Gasteiger partial charge in [-0.25, -0.2) is 0 Å². The molecule has 1 aliphatic carbocycles. The molecule has 1 N–H and O–H groups in total. The summed E-state index contributed by atoms with van der Waals surface area (Å²) in [6.45, 7) is 8.80. The van der Waals surface area contributed by atoms with Gasteiger partial charge in [0.2, 0.25) is 0 Å². The average molecular weight is 308 g/mol. The molecule has 21 heavy (non-hydrogen) atoms. The van der Waals surface area contributed by atoms with Crippen LogP contribution in [-0.2, 0) is 0 Å². The maximum absolute atomic E-state index is 6.37. The van der Waals surface area contributed by atoms with Gasteiger partial charge in [-0.15, -0.1) is 0 Å². The van der Waals surface area contributed by atoms with E-state index >= 15 is 0 Å². The number of nitrogens with one attached hydrogen (secondary N) is 1. The molecule has 0 amide bonds. The van der Waals surface area contributed by atoms with E-state index in [4.69, 9.17) is 11.6 Å². The van der Waals surface area contributed by atoms with Crippen molar-refractivity contribution in [3.8, 4) is 0 Å². The third kappa shape index (κ3) is 4.47. The molecule has 1 aromatic rings. The van der Waals surface area contributed by atoms with Crippen molar-refractivity contribution in [1.82, 2.24) is 5.32 Å². The molecule has 3 atom stereocenters. The second kappa shape index (κ2) is 8.19. The standard InChI is InChI=1S/C19H30ClN/c1-4-6-15-8-10-17(13-21-5-2)18(11-15)16-9-7-14(3)19(20)12-16/h7,9,12,15,17-18,21H,4-6,8,10-11,13H2,1-3H3. The monoisotopic (exact) mass is 307 g/mol. The number of hydrogen-bond acceptors (Lipinski definition) is 1. The van der Waals surface area contributed by atoms with Crippen LogP contribution in [0.15, 0.2) is 18.2 Å². The van der Waals surface area contributed by atoms with E-state index < -0.39 is 0 Å². The van der Waals surface area contributed by atoms with Crippen molar-refractivity contribution >= 4 is 11.6 Å². The molecular formula is C19H30ClN. The maximum atomic E-state index is 6.37. The van der Waals surface area contributed by atoms with Gasteiger partial charge in [0, 0.05) is 5.02 Å². The summed E-state index contributed by atoms with van der Waals surface area (Å²) in [7, 11) is 0. The van der Waals surface area contributed by atoms with Crippen LogP contribution in [0.1, 0.15) is 63.0 Å². The summed E-state index contributed by atoms with van der Waals surface area (Å²) in [5.74, 6) is 2.34. The molecule has 118 valence electrons. The normalized spacial score (nSPS) is 26.0. The quantitative estimate of drug-likeness (QED) is 0.725. The summed E-state index contributed by atoms with van der Waals surface area (Å²) < 4.78 is 0. The molecule has 2 heteroatoms. The lowest BCUT2D eigenvalue weighted by Crippen LogP contribution is -2.32. The first-order valence-electron chi connectivity index (χ1n) is 8.62. The molecule has 2 rings (SSSR count). The minimum absolute atomic E-state index is 0.674. The highest BCUT2D eigenvalue weighted by Crippen LogP contribution is 2.42. The van der Waals surface area contributed by atoms with Gasteiger partial charge < -0.3 is 5.32 Å². The van der Waals surface area contributed by atoms with E-state index in [9.17, 15) is 0 Å². The third-order valence-corrected chi connectivity index (χ3v) is 5.49. The summed E-state index contributed by atoms with van der Waals surface area (Å²) in [5, 5.41) is 4.48.